The van der Waals surface area contributed by atoms with E-state index < -0.39 is 0 Å². The van der Waals surface area contributed by atoms with Crippen molar-refractivity contribution in [1.82, 2.24) is 15.3 Å². The molecule has 1 aliphatic heterocycles. The molecule has 0 radical (unpaired) electrons. The van der Waals surface area contributed by atoms with E-state index >= 15 is 0 Å². The summed E-state index contributed by atoms with van der Waals surface area (Å²) in [5.74, 6) is 1.49. The summed E-state index contributed by atoms with van der Waals surface area (Å²) in [7, 11) is 0. The minimum atomic E-state index is 0.476. The number of aryl methyl sites for hydroxylation is 2. The van der Waals surface area contributed by atoms with Gasteiger partial charge >= 0.3 is 0 Å². The Morgan fingerprint density at radius 1 is 1.15 bits per heavy atom. The first-order chi connectivity index (χ1) is 9.58. The van der Waals surface area contributed by atoms with E-state index in [2.05, 4.69) is 33.0 Å². The molecule has 112 valence electrons. The third kappa shape index (κ3) is 4.00. The molecule has 20 heavy (non-hydrogen) atoms. The van der Waals surface area contributed by atoms with Gasteiger partial charge in [0.2, 0.25) is 0 Å². The van der Waals surface area contributed by atoms with Crippen LogP contribution in [0.1, 0.15) is 55.4 Å². The third-order valence-electron chi connectivity index (χ3n) is 3.95. The number of nitrogens with one attached hydrogen (secondary N) is 1. The van der Waals surface area contributed by atoms with Crippen LogP contribution in [-0.2, 0) is 11.2 Å². The zero-order chi connectivity index (χ0) is 14.5. The third-order valence-corrected chi connectivity index (χ3v) is 3.95. The highest BCUT2D eigenvalue weighted by Crippen LogP contribution is 2.25. The molecule has 1 aromatic heterocycles. The van der Waals surface area contributed by atoms with E-state index in [1.54, 1.807) is 0 Å². The van der Waals surface area contributed by atoms with Crippen LogP contribution in [0.25, 0.3) is 0 Å². The summed E-state index contributed by atoms with van der Waals surface area (Å²) in [6.07, 6.45) is 3.10. The summed E-state index contributed by atoms with van der Waals surface area (Å²) in [5, 5.41) is 3.45. The van der Waals surface area contributed by atoms with Gasteiger partial charge in [-0.05, 0) is 45.2 Å². The van der Waals surface area contributed by atoms with Gasteiger partial charge in [0.05, 0.1) is 0 Å². The topological polar surface area (TPSA) is 47.0 Å². The molecule has 0 amide bonds. The summed E-state index contributed by atoms with van der Waals surface area (Å²) in [5.41, 5.74) is 3.59. The molecule has 0 spiro atoms. The fourth-order valence-corrected chi connectivity index (χ4v) is 2.75. The van der Waals surface area contributed by atoms with Crippen molar-refractivity contribution in [1.29, 1.82) is 0 Å². The van der Waals surface area contributed by atoms with Crippen LogP contribution in [0.2, 0.25) is 0 Å². The molecule has 0 unspecified atom stereocenters. The van der Waals surface area contributed by atoms with Crippen LogP contribution in [-0.4, -0.2) is 35.8 Å². The lowest BCUT2D eigenvalue weighted by atomic mass is 9.98. The molecule has 0 aromatic carbocycles. The summed E-state index contributed by atoms with van der Waals surface area (Å²) in [6.45, 7) is 11.2. The molecule has 1 aromatic rings. The molecule has 2 heterocycles. The lowest BCUT2D eigenvalue weighted by Crippen LogP contribution is -2.26. The lowest BCUT2D eigenvalue weighted by Gasteiger charge is -2.22. The number of ether oxygens (including phenoxy) is 1. The predicted molar refractivity (Wildman–Crippen MR) is 81.1 cm³/mol. The van der Waals surface area contributed by atoms with Crippen molar-refractivity contribution in [2.45, 2.75) is 58.9 Å². The second kappa shape index (κ2) is 7.14. The SMILES string of the molecule is Cc1nc(C2CCOCC2)nc(C)c1CCNC(C)C. The van der Waals surface area contributed by atoms with Gasteiger partial charge < -0.3 is 10.1 Å². The van der Waals surface area contributed by atoms with Crippen LogP contribution in [0.15, 0.2) is 0 Å². The van der Waals surface area contributed by atoms with Gasteiger partial charge in [0.25, 0.3) is 0 Å². The Labute approximate surface area is 122 Å². The van der Waals surface area contributed by atoms with Crippen molar-refractivity contribution in [2.24, 2.45) is 0 Å². The molecule has 2 rings (SSSR count). The van der Waals surface area contributed by atoms with Gasteiger partial charge in [-0.15, -0.1) is 0 Å². The van der Waals surface area contributed by atoms with E-state index in [1.165, 1.54) is 5.56 Å². The molecule has 4 heteroatoms. The summed E-state index contributed by atoms with van der Waals surface area (Å²) >= 11 is 0. The van der Waals surface area contributed by atoms with E-state index in [0.29, 0.717) is 12.0 Å². The number of nitrogens with zero attached hydrogens (tertiary/aromatic N) is 2. The molecule has 1 saturated heterocycles. The van der Waals surface area contributed by atoms with E-state index in [9.17, 15) is 0 Å². The monoisotopic (exact) mass is 277 g/mol. The average Bonchev–Trinajstić information content (AvgIpc) is 2.42. The van der Waals surface area contributed by atoms with Crippen molar-refractivity contribution in [3.05, 3.63) is 22.8 Å². The van der Waals surface area contributed by atoms with Gasteiger partial charge in [0.15, 0.2) is 0 Å². The summed E-state index contributed by atoms with van der Waals surface area (Å²) in [6, 6.07) is 0.526. The van der Waals surface area contributed by atoms with E-state index in [-0.39, 0.29) is 0 Å². The molecule has 0 aliphatic carbocycles. The maximum Gasteiger partial charge on any atom is 0.132 e. The molecule has 1 fully saturated rings. The first-order valence-electron chi connectivity index (χ1n) is 7.73. The molecular formula is C16H27N3O. The Morgan fingerprint density at radius 2 is 1.75 bits per heavy atom. The van der Waals surface area contributed by atoms with Crippen LogP contribution in [0.5, 0.6) is 0 Å². The minimum absolute atomic E-state index is 0.476. The van der Waals surface area contributed by atoms with Gasteiger partial charge in [-0.2, -0.15) is 0 Å². The first kappa shape index (κ1) is 15.4. The van der Waals surface area contributed by atoms with Gasteiger partial charge in [-0.25, -0.2) is 9.97 Å². The Balaban J connectivity index is 2.07. The Hall–Kier alpha value is -1.00. The molecule has 0 atom stereocenters. The van der Waals surface area contributed by atoms with E-state index in [4.69, 9.17) is 14.7 Å². The van der Waals surface area contributed by atoms with Gasteiger partial charge in [0, 0.05) is 36.6 Å². The normalized spacial score (nSPS) is 16.9. The fourth-order valence-electron chi connectivity index (χ4n) is 2.75. The quantitative estimate of drug-likeness (QED) is 0.898. The highest BCUT2D eigenvalue weighted by molar-refractivity contribution is 5.25. The Kier molecular flexibility index (Phi) is 5.49. The number of hydrogen-bond acceptors (Lipinski definition) is 4. The first-order valence-corrected chi connectivity index (χ1v) is 7.73. The van der Waals surface area contributed by atoms with Gasteiger partial charge in [0.1, 0.15) is 5.82 Å². The van der Waals surface area contributed by atoms with Crippen molar-refractivity contribution in [3.63, 3.8) is 0 Å². The maximum atomic E-state index is 5.42. The minimum Gasteiger partial charge on any atom is -0.381 e. The Bertz CT molecular complexity index is 416. The van der Waals surface area contributed by atoms with Crippen LogP contribution in [0, 0.1) is 13.8 Å². The molecule has 4 nitrogen and oxygen atoms in total. The van der Waals surface area contributed by atoms with Gasteiger partial charge in [-0.3, -0.25) is 0 Å². The second-order valence-corrected chi connectivity index (χ2v) is 5.98. The van der Waals surface area contributed by atoms with Crippen molar-refractivity contribution >= 4 is 0 Å². The standard InChI is InChI=1S/C16H27N3O/c1-11(2)17-8-5-15-12(3)18-16(19-13(15)4)14-6-9-20-10-7-14/h11,14,17H,5-10H2,1-4H3. The summed E-state index contributed by atoms with van der Waals surface area (Å²) < 4.78 is 5.42. The van der Waals surface area contributed by atoms with Crippen LogP contribution in [0.4, 0.5) is 0 Å². The van der Waals surface area contributed by atoms with Gasteiger partial charge in [-0.1, -0.05) is 13.8 Å². The van der Waals surface area contributed by atoms with Crippen LogP contribution in [0.3, 0.4) is 0 Å². The highest BCUT2D eigenvalue weighted by atomic mass is 16.5. The number of hydrogen-bond donors (Lipinski definition) is 1. The second-order valence-electron chi connectivity index (χ2n) is 5.98. The van der Waals surface area contributed by atoms with E-state index in [1.807, 2.05) is 0 Å². The van der Waals surface area contributed by atoms with Crippen LogP contribution >= 0.6 is 0 Å². The number of aromatic nitrogens is 2. The smallest absolute Gasteiger partial charge is 0.132 e. The van der Waals surface area contributed by atoms with E-state index in [0.717, 1.165) is 56.2 Å². The number of rotatable bonds is 5. The van der Waals surface area contributed by atoms with Crippen molar-refractivity contribution in [2.75, 3.05) is 19.8 Å². The molecule has 0 bridgehead atoms. The summed E-state index contributed by atoms with van der Waals surface area (Å²) in [4.78, 5) is 9.52. The molecular weight excluding hydrogens is 250 g/mol. The molecule has 1 N–H and O–H groups in total. The van der Waals surface area contributed by atoms with Crippen LogP contribution < -0.4 is 5.32 Å². The highest BCUT2D eigenvalue weighted by Gasteiger charge is 2.20. The largest absolute Gasteiger partial charge is 0.381 e. The molecule has 0 saturated carbocycles. The fraction of sp³-hybridized carbons (Fsp3) is 0.750. The average molecular weight is 277 g/mol. The maximum absolute atomic E-state index is 5.42. The van der Waals surface area contributed by atoms with Crippen molar-refractivity contribution in [3.8, 4) is 0 Å². The zero-order valence-electron chi connectivity index (χ0n) is 13.2. The molecule has 1 aliphatic rings. The Morgan fingerprint density at radius 3 is 2.30 bits per heavy atom. The lowest BCUT2D eigenvalue weighted by molar-refractivity contribution is 0.0835. The van der Waals surface area contributed by atoms with Crippen molar-refractivity contribution < 1.29 is 4.74 Å². The predicted octanol–water partition coefficient (Wildman–Crippen LogP) is 2.53. The zero-order valence-corrected chi connectivity index (χ0v) is 13.2.